The van der Waals surface area contributed by atoms with E-state index >= 15 is 0 Å². The van der Waals surface area contributed by atoms with Crippen molar-refractivity contribution in [3.8, 4) is 0 Å². The van der Waals surface area contributed by atoms with Crippen LogP contribution in [0.15, 0.2) is 15.6 Å². The van der Waals surface area contributed by atoms with Crippen molar-refractivity contribution in [2.75, 3.05) is 39.3 Å². The Morgan fingerprint density at radius 2 is 2.04 bits per heavy atom. The molecule has 25 heavy (non-hydrogen) atoms. The zero-order valence-corrected chi connectivity index (χ0v) is 18.2. The molecule has 0 bridgehead atoms. The van der Waals surface area contributed by atoms with Crippen molar-refractivity contribution in [2.24, 2.45) is 16.3 Å². The first-order chi connectivity index (χ1) is 11.5. The highest BCUT2D eigenvalue weighted by molar-refractivity contribution is 14.0. The van der Waals surface area contributed by atoms with Gasteiger partial charge in [-0.3, -0.25) is 9.89 Å². The zero-order chi connectivity index (χ0) is 17.2. The van der Waals surface area contributed by atoms with Crippen LogP contribution in [0, 0.1) is 18.3 Å². The van der Waals surface area contributed by atoms with Gasteiger partial charge in [-0.05, 0) is 31.6 Å². The zero-order valence-electron chi connectivity index (χ0n) is 15.9. The first kappa shape index (κ1) is 20.5. The fraction of sp³-hybridized carbons (Fsp3) is 0.778. The molecule has 2 fully saturated rings. The Kier molecular flexibility index (Phi) is 7.13. The van der Waals surface area contributed by atoms with E-state index < -0.39 is 0 Å². The molecule has 1 aliphatic carbocycles. The highest BCUT2D eigenvalue weighted by atomic mass is 127. The molecule has 0 spiro atoms. The van der Waals surface area contributed by atoms with Crippen LogP contribution >= 0.6 is 24.0 Å². The fourth-order valence-electron chi connectivity index (χ4n) is 3.35. The molecule has 7 heteroatoms. The summed E-state index contributed by atoms with van der Waals surface area (Å²) in [6.07, 6.45) is 1.31. The lowest BCUT2D eigenvalue weighted by molar-refractivity contribution is 0.169. The second-order valence-corrected chi connectivity index (χ2v) is 7.78. The molecule has 142 valence electrons. The number of aliphatic imine (C=N–C) groups is 1. The van der Waals surface area contributed by atoms with Gasteiger partial charge in [0.25, 0.3) is 0 Å². The van der Waals surface area contributed by atoms with E-state index in [-0.39, 0.29) is 24.0 Å². The number of nitrogens with one attached hydrogen (secondary N) is 1. The molecule has 1 aliphatic heterocycles. The molecule has 1 aromatic heterocycles. The van der Waals surface area contributed by atoms with E-state index in [1.165, 1.54) is 6.42 Å². The van der Waals surface area contributed by atoms with Crippen molar-refractivity contribution < 1.29 is 4.52 Å². The number of piperazine rings is 1. The highest BCUT2D eigenvalue weighted by Crippen LogP contribution is 2.51. The summed E-state index contributed by atoms with van der Waals surface area (Å²) in [5.74, 6) is 2.72. The molecule has 3 rings (SSSR count). The van der Waals surface area contributed by atoms with E-state index in [0.717, 1.165) is 69.1 Å². The first-order valence-corrected chi connectivity index (χ1v) is 9.16. The maximum atomic E-state index is 5.16. The molecule has 1 unspecified atom stereocenters. The van der Waals surface area contributed by atoms with Gasteiger partial charge in [0.15, 0.2) is 5.96 Å². The lowest BCUT2D eigenvalue weighted by Gasteiger charge is -2.36. The summed E-state index contributed by atoms with van der Waals surface area (Å²) in [5, 5.41) is 7.56. The van der Waals surface area contributed by atoms with Crippen molar-refractivity contribution in [3.63, 3.8) is 0 Å². The predicted octanol–water partition coefficient (Wildman–Crippen LogP) is 2.73. The van der Waals surface area contributed by atoms with Gasteiger partial charge in [-0.15, -0.1) is 24.0 Å². The number of hydrogen-bond acceptors (Lipinski definition) is 4. The molecule has 1 atom stereocenters. The third-order valence-corrected chi connectivity index (χ3v) is 5.25. The number of guanidine groups is 1. The number of rotatable bonds is 5. The summed E-state index contributed by atoms with van der Waals surface area (Å²) >= 11 is 0. The molecule has 1 saturated carbocycles. The molecule has 1 saturated heterocycles. The van der Waals surface area contributed by atoms with Gasteiger partial charge in [0.1, 0.15) is 5.76 Å². The number of aromatic nitrogens is 1. The topological polar surface area (TPSA) is 56.9 Å². The SMILES string of the molecule is CCNC(=NCC1CC1(C)C)N1CCN(Cc2cc(C)on2)CC1.I. The Morgan fingerprint density at radius 1 is 1.36 bits per heavy atom. The summed E-state index contributed by atoms with van der Waals surface area (Å²) in [7, 11) is 0. The Hall–Kier alpha value is -0.830. The van der Waals surface area contributed by atoms with Gasteiger partial charge in [-0.1, -0.05) is 19.0 Å². The molecule has 1 N–H and O–H groups in total. The van der Waals surface area contributed by atoms with E-state index in [9.17, 15) is 0 Å². The van der Waals surface area contributed by atoms with Crippen LogP contribution in [0.3, 0.4) is 0 Å². The van der Waals surface area contributed by atoms with Gasteiger partial charge in [-0.2, -0.15) is 0 Å². The minimum Gasteiger partial charge on any atom is -0.361 e. The summed E-state index contributed by atoms with van der Waals surface area (Å²) < 4.78 is 5.16. The molecule has 2 heterocycles. The van der Waals surface area contributed by atoms with E-state index in [1.807, 2.05) is 13.0 Å². The largest absolute Gasteiger partial charge is 0.361 e. The number of halogens is 1. The molecule has 0 amide bonds. The van der Waals surface area contributed by atoms with Crippen molar-refractivity contribution >= 4 is 29.9 Å². The monoisotopic (exact) mass is 461 g/mol. The second-order valence-electron chi connectivity index (χ2n) is 7.78. The van der Waals surface area contributed by atoms with Gasteiger partial charge < -0.3 is 14.7 Å². The van der Waals surface area contributed by atoms with E-state index in [4.69, 9.17) is 9.52 Å². The molecule has 2 aliphatic rings. The molecular weight excluding hydrogens is 429 g/mol. The second kappa shape index (κ2) is 8.70. The fourth-order valence-corrected chi connectivity index (χ4v) is 3.35. The summed E-state index contributed by atoms with van der Waals surface area (Å²) in [5.41, 5.74) is 1.52. The minimum atomic E-state index is 0. The third kappa shape index (κ3) is 5.57. The van der Waals surface area contributed by atoms with Crippen LogP contribution in [0.5, 0.6) is 0 Å². The maximum absolute atomic E-state index is 5.16. The van der Waals surface area contributed by atoms with Gasteiger partial charge in [0.2, 0.25) is 0 Å². The van der Waals surface area contributed by atoms with Crippen molar-refractivity contribution in [1.82, 2.24) is 20.3 Å². The normalized spacial score (nSPS) is 23.3. The van der Waals surface area contributed by atoms with Crippen LogP contribution in [0.1, 0.15) is 38.6 Å². The Bertz CT molecular complexity index is 578. The predicted molar refractivity (Wildman–Crippen MR) is 111 cm³/mol. The Balaban J connectivity index is 0.00000225. The van der Waals surface area contributed by atoms with E-state index in [0.29, 0.717) is 5.41 Å². The molecular formula is C18H32IN5O. The highest BCUT2D eigenvalue weighted by Gasteiger charge is 2.45. The van der Waals surface area contributed by atoms with Crippen molar-refractivity contribution in [3.05, 3.63) is 17.5 Å². The van der Waals surface area contributed by atoms with Gasteiger partial charge >= 0.3 is 0 Å². The first-order valence-electron chi connectivity index (χ1n) is 9.16. The molecule has 0 aromatic carbocycles. The Labute approximate surface area is 168 Å². The Morgan fingerprint density at radius 3 is 2.56 bits per heavy atom. The lowest BCUT2D eigenvalue weighted by atomic mass is 10.1. The van der Waals surface area contributed by atoms with Gasteiger partial charge in [0, 0.05) is 51.9 Å². The van der Waals surface area contributed by atoms with E-state index in [2.05, 4.69) is 41.0 Å². The van der Waals surface area contributed by atoms with Crippen LogP contribution in [0.4, 0.5) is 0 Å². The molecule has 1 aromatic rings. The quantitative estimate of drug-likeness (QED) is 0.415. The summed E-state index contributed by atoms with van der Waals surface area (Å²) in [6, 6.07) is 2.02. The van der Waals surface area contributed by atoms with Crippen LogP contribution in [0.2, 0.25) is 0 Å². The smallest absolute Gasteiger partial charge is 0.194 e. The van der Waals surface area contributed by atoms with Crippen molar-refractivity contribution in [2.45, 2.75) is 40.7 Å². The van der Waals surface area contributed by atoms with Crippen LogP contribution in [-0.4, -0.2) is 60.2 Å². The number of nitrogens with zero attached hydrogens (tertiary/aromatic N) is 4. The number of hydrogen-bond donors (Lipinski definition) is 1. The average molecular weight is 461 g/mol. The minimum absolute atomic E-state index is 0. The van der Waals surface area contributed by atoms with Gasteiger partial charge in [0.05, 0.1) is 5.69 Å². The molecule has 0 radical (unpaired) electrons. The van der Waals surface area contributed by atoms with Crippen LogP contribution in [0.25, 0.3) is 0 Å². The summed E-state index contributed by atoms with van der Waals surface area (Å²) in [6.45, 7) is 15.6. The average Bonchev–Trinajstić information content (AvgIpc) is 2.95. The van der Waals surface area contributed by atoms with E-state index in [1.54, 1.807) is 0 Å². The van der Waals surface area contributed by atoms with Crippen LogP contribution < -0.4 is 5.32 Å². The van der Waals surface area contributed by atoms with Gasteiger partial charge in [-0.25, -0.2) is 0 Å². The standard InChI is InChI=1S/C18H31N5O.HI/c1-5-19-17(20-12-15-11-18(15,3)4)23-8-6-22(7-9-23)13-16-10-14(2)24-21-16;/h10,15H,5-9,11-13H2,1-4H3,(H,19,20);1H. The lowest BCUT2D eigenvalue weighted by Crippen LogP contribution is -2.52. The van der Waals surface area contributed by atoms with Crippen LogP contribution in [-0.2, 0) is 6.54 Å². The third-order valence-electron chi connectivity index (χ3n) is 5.25. The maximum Gasteiger partial charge on any atom is 0.194 e. The van der Waals surface area contributed by atoms with Crippen molar-refractivity contribution in [1.29, 1.82) is 0 Å². The number of aryl methyl sites for hydroxylation is 1. The summed E-state index contributed by atoms with van der Waals surface area (Å²) in [4.78, 5) is 9.72. The molecule has 6 nitrogen and oxygen atoms in total.